The molecule has 1 saturated heterocycles. The fourth-order valence-corrected chi connectivity index (χ4v) is 6.03. The zero-order chi connectivity index (χ0) is 26.7. The van der Waals surface area contributed by atoms with Gasteiger partial charge in [0.05, 0.1) is 16.9 Å². The Hall–Kier alpha value is -2.92. The number of thiophene rings is 1. The molecule has 1 fully saturated rings. The minimum absolute atomic E-state index is 0.0516. The van der Waals surface area contributed by atoms with Crippen LogP contribution in [0.2, 0.25) is 0 Å². The molecule has 2 heterocycles. The van der Waals surface area contributed by atoms with E-state index < -0.39 is 5.82 Å². The predicted octanol–water partition coefficient (Wildman–Crippen LogP) is 6.53. The van der Waals surface area contributed by atoms with Crippen molar-refractivity contribution in [3.8, 4) is 27.6 Å². The van der Waals surface area contributed by atoms with Gasteiger partial charge >= 0.3 is 0 Å². The minimum Gasteiger partial charge on any atom is -0.397 e. The number of aryl methyl sites for hydroxylation is 1. The Kier molecular flexibility index (Phi) is 8.23. The summed E-state index contributed by atoms with van der Waals surface area (Å²) in [5.41, 5.74) is 17.1. The average molecular weight is 520 g/mol. The number of nitrogens with two attached hydrogens (primary N) is 2. The molecular weight excluding hydrogens is 481 g/mol. The standard InChI is InChI=1S/C30H38FN5S/c1-18-26(33)14-22(36-18)6-5-7-23-15-24(19-8-9-21(16-32)25(31)12-19)29(37-23)20-10-11-28(27(34)13-20)35-17-30(2,3)4/h8-13,15,18,22,26,35-36H,5-7,14,17,33-34H2,1-4H3. The average Bonchev–Trinajstić information content (AvgIpc) is 3.40. The number of hydrogen-bond acceptors (Lipinski definition) is 6. The summed E-state index contributed by atoms with van der Waals surface area (Å²) in [4.78, 5) is 2.31. The van der Waals surface area contributed by atoms with E-state index in [0.717, 1.165) is 59.5 Å². The molecule has 2 aromatic carbocycles. The van der Waals surface area contributed by atoms with Crippen LogP contribution in [0.3, 0.4) is 0 Å². The number of nitrogens with one attached hydrogen (secondary N) is 2. The highest BCUT2D eigenvalue weighted by atomic mass is 32.1. The van der Waals surface area contributed by atoms with Crippen LogP contribution in [0.5, 0.6) is 0 Å². The molecule has 196 valence electrons. The van der Waals surface area contributed by atoms with Gasteiger partial charge in [0.1, 0.15) is 11.9 Å². The summed E-state index contributed by atoms with van der Waals surface area (Å²) in [5.74, 6) is -0.502. The second-order valence-corrected chi connectivity index (χ2v) is 12.6. The summed E-state index contributed by atoms with van der Waals surface area (Å²) in [5, 5.41) is 16.2. The number of nitriles is 1. The number of halogens is 1. The molecule has 0 amide bonds. The first-order chi connectivity index (χ1) is 17.5. The summed E-state index contributed by atoms with van der Waals surface area (Å²) >= 11 is 1.73. The van der Waals surface area contributed by atoms with Gasteiger partial charge in [-0.3, -0.25) is 0 Å². The van der Waals surface area contributed by atoms with Gasteiger partial charge in [-0.15, -0.1) is 11.3 Å². The molecule has 5 nitrogen and oxygen atoms in total. The Bertz CT molecular complexity index is 1280. The molecule has 0 saturated carbocycles. The zero-order valence-corrected chi connectivity index (χ0v) is 23.0. The maximum absolute atomic E-state index is 14.5. The van der Waals surface area contributed by atoms with Crippen LogP contribution in [0.15, 0.2) is 42.5 Å². The molecule has 6 N–H and O–H groups in total. The third-order valence-corrected chi connectivity index (χ3v) is 8.22. The smallest absolute Gasteiger partial charge is 0.141 e. The lowest BCUT2D eigenvalue weighted by molar-refractivity contribution is 0.443. The van der Waals surface area contributed by atoms with Gasteiger partial charge in [-0.1, -0.05) is 32.9 Å². The van der Waals surface area contributed by atoms with Gasteiger partial charge in [-0.2, -0.15) is 5.26 Å². The Labute approximate surface area is 224 Å². The number of nitrogens with zero attached hydrogens (tertiary/aromatic N) is 1. The van der Waals surface area contributed by atoms with Crippen LogP contribution < -0.4 is 22.1 Å². The van der Waals surface area contributed by atoms with Crippen LogP contribution >= 0.6 is 11.3 Å². The van der Waals surface area contributed by atoms with E-state index in [1.54, 1.807) is 17.4 Å². The van der Waals surface area contributed by atoms with E-state index in [1.165, 1.54) is 10.9 Å². The van der Waals surface area contributed by atoms with E-state index >= 15 is 0 Å². The molecule has 7 heteroatoms. The Morgan fingerprint density at radius 2 is 1.92 bits per heavy atom. The molecule has 3 atom stereocenters. The maximum Gasteiger partial charge on any atom is 0.141 e. The molecule has 1 aliphatic heterocycles. The molecule has 3 aromatic rings. The molecule has 0 aliphatic carbocycles. The molecule has 0 radical (unpaired) electrons. The number of rotatable bonds is 8. The number of anilines is 2. The monoisotopic (exact) mass is 519 g/mol. The van der Waals surface area contributed by atoms with Crippen molar-refractivity contribution in [2.24, 2.45) is 11.1 Å². The second-order valence-electron chi connectivity index (χ2n) is 11.4. The van der Waals surface area contributed by atoms with Gasteiger partial charge < -0.3 is 22.1 Å². The summed E-state index contributed by atoms with van der Waals surface area (Å²) < 4.78 is 14.5. The quantitative estimate of drug-likeness (QED) is 0.253. The van der Waals surface area contributed by atoms with Crippen molar-refractivity contribution < 1.29 is 4.39 Å². The van der Waals surface area contributed by atoms with Crippen molar-refractivity contribution in [3.63, 3.8) is 0 Å². The van der Waals surface area contributed by atoms with Crippen LogP contribution in [0.1, 0.15) is 57.4 Å². The number of hydrogen-bond donors (Lipinski definition) is 4. The van der Waals surface area contributed by atoms with Crippen molar-refractivity contribution in [1.82, 2.24) is 5.32 Å². The molecule has 3 unspecified atom stereocenters. The highest BCUT2D eigenvalue weighted by molar-refractivity contribution is 7.16. The van der Waals surface area contributed by atoms with E-state index in [0.29, 0.717) is 17.8 Å². The van der Waals surface area contributed by atoms with Crippen LogP contribution in [0, 0.1) is 22.6 Å². The first-order valence-electron chi connectivity index (χ1n) is 13.0. The van der Waals surface area contributed by atoms with Gasteiger partial charge in [-0.25, -0.2) is 4.39 Å². The number of nitrogen functional groups attached to an aromatic ring is 1. The van der Waals surface area contributed by atoms with E-state index in [1.807, 2.05) is 24.3 Å². The first-order valence-corrected chi connectivity index (χ1v) is 13.8. The minimum atomic E-state index is -0.502. The summed E-state index contributed by atoms with van der Waals surface area (Å²) in [6, 6.07) is 16.1. The van der Waals surface area contributed by atoms with E-state index in [9.17, 15) is 4.39 Å². The maximum atomic E-state index is 14.5. The molecule has 1 aromatic heterocycles. The normalized spacial score (nSPS) is 19.6. The Balaban J connectivity index is 1.60. The summed E-state index contributed by atoms with van der Waals surface area (Å²) in [7, 11) is 0. The van der Waals surface area contributed by atoms with Crippen LogP contribution in [0.25, 0.3) is 21.6 Å². The fourth-order valence-electron chi connectivity index (χ4n) is 4.81. The molecule has 0 bridgehead atoms. The van der Waals surface area contributed by atoms with E-state index in [2.05, 4.69) is 50.5 Å². The fraction of sp³-hybridized carbons (Fsp3) is 0.433. The molecule has 1 aliphatic rings. The molecule has 0 spiro atoms. The van der Waals surface area contributed by atoms with Gasteiger partial charge in [0.25, 0.3) is 0 Å². The molecule has 37 heavy (non-hydrogen) atoms. The van der Waals surface area contributed by atoms with Crippen molar-refractivity contribution in [2.75, 3.05) is 17.6 Å². The highest BCUT2D eigenvalue weighted by Gasteiger charge is 2.27. The highest BCUT2D eigenvalue weighted by Crippen LogP contribution is 2.42. The third kappa shape index (κ3) is 6.70. The number of benzene rings is 2. The van der Waals surface area contributed by atoms with Gasteiger partial charge in [-0.05, 0) is 79.5 Å². The van der Waals surface area contributed by atoms with E-state index in [-0.39, 0.29) is 17.0 Å². The lowest BCUT2D eigenvalue weighted by atomic mass is 9.96. The third-order valence-electron chi connectivity index (χ3n) is 6.98. The first kappa shape index (κ1) is 27.1. The van der Waals surface area contributed by atoms with Crippen LogP contribution in [-0.2, 0) is 6.42 Å². The second kappa shape index (κ2) is 11.2. The lowest BCUT2D eigenvalue weighted by Crippen LogP contribution is -2.34. The zero-order valence-electron chi connectivity index (χ0n) is 22.2. The Morgan fingerprint density at radius 1 is 1.16 bits per heavy atom. The SMILES string of the molecule is CC1NC(CCCc2cc(-c3ccc(C#N)c(F)c3)c(-c3ccc(NCC(C)(C)C)c(N)c3)s2)CC1N. The van der Waals surface area contributed by atoms with Crippen molar-refractivity contribution >= 4 is 22.7 Å². The lowest BCUT2D eigenvalue weighted by Gasteiger charge is -2.20. The summed E-state index contributed by atoms with van der Waals surface area (Å²) in [6.45, 7) is 9.50. The predicted molar refractivity (Wildman–Crippen MR) is 154 cm³/mol. The van der Waals surface area contributed by atoms with Crippen molar-refractivity contribution in [1.29, 1.82) is 5.26 Å². The van der Waals surface area contributed by atoms with Crippen LogP contribution in [-0.4, -0.2) is 24.7 Å². The van der Waals surface area contributed by atoms with Crippen molar-refractivity contribution in [2.45, 2.75) is 71.5 Å². The molecular formula is C30H38FN5S. The topological polar surface area (TPSA) is 99.9 Å². The van der Waals surface area contributed by atoms with Crippen molar-refractivity contribution in [3.05, 3.63) is 58.7 Å². The van der Waals surface area contributed by atoms with Gasteiger partial charge in [0.2, 0.25) is 0 Å². The van der Waals surface area contributed by atoms with E-state index in [4.69, 9.17) is 16.7 Å². The van der Waals surface area contributed by atoms with Crippen LogP contribution in [0.4, 0.5) is 15.8 Å². The largest absolute Gasteiger partial charge is 0.397 e. The Morgan fingerprint density at radius 3 is 2.54 bits per heavy atom. The van der Waals surface area contributed by atoms with Gasteiger partial charge in [0.15, 0.2) is 0 Å². The van der Waals surface area contributed by atoms with Gasteiger partial charge in [0, 0.05) is 40.0 Å². The molecule has 4 rings (SSSR count). The summed E-state index contributed by atoms with van der Waals surface area (Å²) in [6.07, 6.45) is 4.09.